The predicted molar refractivity (Wildman–Crippen MR) is 82.1 cm³/mol. The van der Waals surface area contributed by atoms with E-state index in [1.807, 2.05) is 0 Å². The Hall–Kier alpha value is -0.870. The molecule has 0 bridgehead atoms. The van der Waals surface area contributed by atoms with Gasteiger partial charge >= 0.3 is 0 Å². The molecule has 4 heteroatoms. The maximum Gasteiger partial charge on any atom is 0.146 e. The third kappa shape index (κ3) is 2.77. The number of hydrogen-bond acceptors (Lipinski definition) is 3. The molecule has 3 nitrogen and oxygen atoms in total. The summed E-state index contributed by atoms with van der Waals surface area (Å²) < 4.78 is 6.89. The van der Waals surface area contributed by atoms with Crippen LogP contribution in [0.15, 0.2) is 16.6 Å². The van der Waals surface area contributed by atoms with Crippen LogP contribution in [0, 0.1) is 0 Å². The molecule has 0 radical (unpaired) electrons. The van der Waals surface area contributed by atoms with Gasteiger partial charge in [0.1, 0.15) is 11.5 Å². The van der Waals surface area contributed by atoms with Gasteiger partial charge in [0.2, 0.25) is 0 Å². The van der Waals surface area contributed by atoms with Crippen LogP contribution in [0.5, 0.6) is 5.75 Å². The molecule has 20 heavy (non-hydrogen) atoms. The molecule has 0 saturated carbocycles. The largest absolute Gasteiger partial charge is 0.493 e. The number of ketones is 1. The molecule has 1 fully saturated rings. The van der Waals surface area contributed by atoms with Gasteiger partial charge in [-0.1, -0.05) is 22.4 Å². The topological polar surface area (TPSA) is 29.5 Å². The summed E-state index contributed by atoms with van der Waals surface area (Å²) in [6, 6.07) is 4.36. The van der Waals surface area contributed by atoms with Gasteiger partial charge in [-0.05, 0) is 44.0 Å². The van der Waals surface area contributed by atoms with Crippen LogP contribution in [0.4, 0.5) is 0 Å². The molecule has 1 atom stereocenters. The van der Waals surface area contributed by atoms with Crippen LogP contribution in [0.3, 0.4) is 0 Å². The minimum absolute atomic E-state index is 0.0831. The summed E-state index contributed by atoms with van der Waals surface area (Å²) in [7, 11) is 0. The van der Waals surface area contributed by atoms with E-state index < -0.39 is 0 Å². The van der Waals surface area contributed by atoms with Gasteiger partial charge in [-0.3, -0.25) is 9.69 Å². The Bertz CT molecular complexity index is 529. The summed E-state index contributed by atoms with van der Waals surface area (Å²) in [6.45, 7) is 4.30. The zero-order chi connectivity index (χ0) is 14.1. The van der Waals surface area contributed by atoms with Crippen LogP contribution in [-0.2, 0) is 17.8 Å². The number of benzene rings is 1. The number of nitrogens with zero attached hydrogens (tertiary/aromatic N) is 1. The Kier molecular flexibility index (Phi) is 4.13. The first-order chi connectivity index (χ1) is 9.65. The smallest absolute Gasteiger partial charge is 0.146 e. The molecular formula is C16H20BrNO2. The number of carbonyl (C=O) groups excluding carboxylic acids is 1. The number of carbonyl (C=O) groups is 1. The molecule has 1 aromatic carbocycles. The lowest BCUT2D eigenvalue weighted by Gasteiger charge is -2.34. The Balaban J connectivity index is 1.85. The van der Waals surface area contributed by atoms with E-state index in [4.69, 9.17) is 4.74 Å². The predicted octanol–water partition coefficient (Wildman–Crippen LogP) is 3.33. The van der Waals surface area contributed by atoms with E-state index in [9.17, 15) is 4.79 Å². The first-order valence-corrected chi connectivity index (χ1v) is 8.13. The lowest BCUT2D eigenvalue weighted by atomic mass is 9.98. The molecular weight excluding hydrogens is 318 g/mol. The maximum absolute atomic E-state index is 11.8. The molecule has 1 saturated heterocycles. The van der Waals surface area contributed by atoms with Gasteiger partial charge in [-0.2, -0.15) is 0 Å². The van der Waals surface area contributed by atoms with Crippen molar-refractivity contribution in [3.05, 3.63) is 27.7 Å². The van der Waals surface area contributed by atoms with Crippen LogP contribution in [0.25, 0.3) is 0 Å². The minimum atomic E-state index is 0.0831. The normalized spacial score (nSPS) is 22.4. The molecule has 0 spiro atoms. The van der Waals surface area contributed by atoms with Crippen molar-refractivity contribution < 1.29 is 9.53 Å². The Labute approximate surface area is 128 Å². The number of ether oxygens (including phenoxy) is 1. The molecule has 0 amide bonds. The second kappa shape index (κ2) is 5.86. The fourth-order valence-corrected chi connectivity index (χ4v) is 3.88. The van der Waals surface area contributed by atoms with Crippen molar-refractivity contribution in [3.8, 4) is 5.75 Å². The highest BCUT2D eigenvalue weighted by molar-refractivity contribution is 9.10. The highest BCUT2D eigenvalue weighted by atomic mass is 79.9. The molecule has 2 aliphatic rings. The van der Waals surface area contributed by atoms with Gasteiger partial charge in [0, 0.05) is 23.0 Å². The van der Waals surface area contributed by atoms with E-state index in [-0.39, 0.29) is 11.8 Å². The van der Waals surface area contributed by atoms with Crippen molar-refractivity contribution in [2.45, 2.75) is 45.2 Å². The van der Waals surface area contributed by atoms with Crippen LogP contribution in [0.1, 0.15) is 37.3 Å². The summed E-state index contributed by atoms with van der Waals surface area (Å²) in [5, 5.41) is 0. The van der Waals surface area contributed by atoms with E-state index in [0.717, 1.165) is 49.2 Å². The summed E-state index contributed by atoms with van der Waals surface area (Å²) in [4.78, 5) is 14.1. The third-order valence-corrected chi connectivity index (χ3v) is 4.74. The molecule has 0 aromatic heterocycles. The molecule has 1 unspecified atom stereocenters. The van der Waals surface area contributed by atoms with E-state index >= 15 is 0 Å². The Morgan fingerprint density at radius 3 is 3.10 bits per heavy atom. The number of fused-ring (bicyclic) bond motifs is 1. The highest BCUT2D eigenvalue weighted by Crippen LogP contribution is 2.34. The van der Waals surface area contributed by atoms with Gasteiger partial charge in [0.15, 0.2) is 0 Å². The van der Waals surface area contributed by atoms with E-state index in [0.29, 0.717) is 0 Å². The maximum atomic E-state index is 11.8. The quantitative estimate of drug-likeness (QED) is 0.847. The first kappa shape index (κ1) is 14.1. The number of likely N-dealkylation sites (tertiary alicyclic amines) is 1. The number of hydrogen-bond donors (Lipinski definition) is 0. The third-order valence-electron chi connectivity index (χ3n) is 4.28. The molecule has 3 rings (SSSR count). The van der Waals surface area contributed by atoms with Crippen LogP contribution in [-0.4, -0.2) is 29.9 Å². The molecule has 2 aliphatic heterocycles. The highest BCUT2D eigenvalue weighted by Gasteiger charge is 2.28. The number of Topliss-reactive ketones (excluding diaryl/α,β-unsaturated/α-hetero) is 1. The molecule has 108 valence electrons. The average molecular weight is 338 g/mol. The zero-order valence-electron chi connectivity index (χ0n) is 11.8. The average Bonchev–Trinajstić information content (AvgIpc) is 2.87. The van der Waals surface area contributed by atoms with E-state index in [1.165, 1.54) is 17.5 Å². The Morgan fingerprint density at radius 1 is 1.45 bits per heavy atom. The summed E-state index contributed by atoms with van der Waals surface area (Å²) in [6.07, 6.45) is 4.32. The first-order valence-electron chi connectivity index (χ1n) is 7.34. The standard InChI is InChI=1S/C16H20BrNO2/c1-11(19)15-4-2-3-6-18(15)10-13-9-14(17)8-12-5-7-20-16(12)13/h8-9,15H,2-7,10H2,1H3. The summed E-state index contributed by atoms with van der Waals surface area (Å²) in [5.74, 6) is 1.33. The fourth-order valence-electron chi connectivity index (χ4n) is 3.32. The zero-order valence-corrected chi connectivity index (χ0v) is 13.4. The molecule has 1 aromatic rings. The van der Waals surface area contributed by atoms with Crippen molar-refractivity contribution in [2.24, 2.45) is 0 Å². The summed E-state index contributed by atoms with van der Waals surface area (Å²) in [5.41, 5.74) is 2.49. The van der Waals surface area contributed by atoms with Gasteiger partial charge in [0.05, 0.1) is 12.6 Å². The Morgan fingerprint density at radius 2 is 2.30 bits per heavy atom. The number of rotatable bonds is 3. The van der Waals surface area contributed by atoms with Gasteiger partial charge in [0.25, 0.3) is 0 Å². The van der Waals surface area contributed by atoms with Gasteiger partial charge in [-0.15, -0.1) is 0 Å². The van der Waals surface area contributed by atoms with Crippen molar-refractivity contribution in [1.29, 1.82) is 0 Å². The molecule has 0 aliphatic carbocycles. The van der Waals surface area contributed by atoms with Crippen LogP contribution < -0.4 is 4.74 Å². The lowest BCUT2D eigenvalue weighted by molar-refractivity contribution is -0.123. The van der Waals surface area contributed by atoms with Crippen LogP contribution in [0.2, 0.25) is 0 Å². The monoisotopic (exact) mass is 337 g/mol. The second-order valence-corrected chi connectivity index (χ2v) is 6.66. The van der Waals surface area contributed by atoms with Crippen molar-refractivity contribution in [2.75, 3.05) is 13.2 Å². The van der Waals surface area contributed by atoms with E-state index in [1.54, 1.807) is 6.92 Å². The van der Waals surface area contributed by atoms with Crippen LogP contribution >= 0.6 is 15.9 Å². The van der Waals surface area contributed by atoms with Crippen molar-refractivity contribution in [1.82, 2.24) is 4.90 Å². The summed E-state index contributed by atoms with van der Waals surface area (Å²) >= 11 is 3.58. The fraction of sp³-hybridized carbons (Fsp3) is 0.562. The minimum Gasteiger partial charge on any atom is -0.493 e. The number of halogens is 1. The van der Waals surface area contributed by atoms with Crippen molar-refractivity contribution >= 4 is 21.7 Å². The molecule has 0 N–H and O–H groups in total. The number of piperidine rings is 1. The van der Waals surface area contributed by atoms with E-state index in [2.05, 4.69) is 33.0 Å². The van der Waals surface area contributed by atoms with Gasteiger partial charge in [-0.25, -0.2) is 0 Å². The van der Waals surface area contributed by atoms with Gasteiger partial charge < -0.3 is 4.74 Å². The second-order valence-electron chi connectivity index (χ2n) is 5.74. The van der Waals surface area contributed by atoms with Crippen molar-refractivity contribution in [3.63, 3.8) is 0 Å². The molecule has 2 heterocycles. The SMILES string of the molecule is CC(=O)C1CCCCN1Cc1cc(Br)cc2c1OCC2. The lowest BCUT2D eigenvalue weighted by Crippen LogP contribution is -2.43.